The third kappa shape index (κ3) is 5.16. The van der Waals surface area contributed by atoms with Crippen LogP contribution in [0, 0.1) is 0 Å². The van der Waals surface area contributed by atoms with Crippen LogP contribution in [0.25, 0.3) is 0 Å². The van der Waals surface area contributed by atoms with Gasteiger partial charge in [0.15, 0.2) is 9.84 Å². The van der Waals surface area contributed by atoms with Crippen LogP contribution in [0.1, 0.15) is 22.3 Å². The zero-order chi connectivity index (χ0) is 19.2. The maximum absolute atomic E-state index is 12.2. The van der Waals surface area contributed by atoms with Gasteiger partial charge in [0.25, 0.3) is 5.91 Å². The number of carbonyl (C=O) groups excluding carboxylic acids is 2. The van der Waals surface area contributed by atoms with E-state index in [1.54, 1.807) is 56.6 Å². The molecular weight excluding hydrogens is 352 g/mol. The average molecular weight is 374 g/mol. The van der Waals surface area contributed by atoms with Gasteiger partial charge in [0.05, 0.1) is 10.6 Å². The molecule has 0 saturated heterocycles. The molecule has 0 heterocycles. The molecule has 6 nitrogen and oxygen atoms in total. The van der Waals surface area contributed by atoms with Crippen LogP contribution in [-0.4, -0.2) is 45.0 Å². The van der Waals surface area contributed by atoms with Gasteiger partial charge in [-0.1, -0.05) is 30.3 Å². The second-order valence-corrected chi connectivity index (χ2v) is 8.02. The second-order valence-electron chi connectivity index (χ2n) is 5.91. The lowest BCUT2D eigenvalue weighted by Gasteiger charge is -2.17. The molecule has 0 aliphatic heterocycles. The number of hydrogen-bond donors (Lipinski definition) is 1. The second kappa shape index (κ2) is 8.62. The van der Waals surface area contributed by atoms with Crippen molar-refractivity contribution in [2.75, 3.05) is 19.8 Å². The van der Waals surface area contributed by atoms with E-state index in [-0.39, 0.29) is 28.9 Å². The van der Waals surface area contributed by atoms with E-state index in [1.807, 2.05) is 0 Å². The first-order chi connectivity index (χ1) is 12.3. The lowest BCUT2D eigenvalue weighted by atomic mass is 10.1. The average Bonchev–Trinajstić information content (AvgIpc) is 2.66. The van der Waals surface area contributed by atoms with Crippen molar-refractivity contribution < 1.29 is 18.0 Å². The fraction of sp³-hybridized carbons (Fsp3) is 0.263. The first-order valence-corrected chi connectivity index (χ1v) is 9.81. The van der Waals surface area contributed by atoms with Gasteiger partial charge in [0, 0.05) is 32.6 Å². The Hall–Kier alpha value is -2.67. The molecule has 7 heteroatoms. The fourth-order valence-corrected chi connectivity index (χ4v) is 3.68. The molecule has 2 rings (SSSR count). The van der Waals surface area contributed by atoms with Gasteiger partial charge in [-0.05, 0) is 29.8 Å². The maximum Gasteiger partial charge on any atom is 0.251 e. The predicted octanol–water partition coefficient (Wildman–Crippen LogP) is 1.87. The maximum atomic E-state index is 12.2. The number of sulfone groups is 1. The molecule has 0 aliphatic carbocycles. The number of nitrogens with zero attached hydrogens (tertiary/aromatic N) is 1. The Morgan fingerprint density at radius 1 is 1.00 bits per heavy atom. The zero-order valence-electron chi connectivity index (χ0n) is 14.8. The molecule has 0 aliphatic rings. The van der Waals surface area contributed by atoms with Gasteiger partial charge >= 0.3 is 0 Å². The van der Waals surface area contributed by atoms with Crippen molar-refractivity contribution in [2.24, 2.45) is 0 Å². The highest BCUT2D eigenvalue weighted by molar-refractivity contribution is 7.91. The Balaban J connectivity index is 1.92. The van der Waals surface area contributed by atoms with Crippen molar-refractivity contribution in [3.63, 3.8) is 0 Å². The molecule has 0 atom stereocenters. The van der Waals surface area contributed by atoms with E-state index < -0.39 is 9.84 Å². The van der Waals surface area contributed by atoms with E-state index >= 15 is 0 Å². The first-order valence-electron chi connectivity index (χ1n) is 8.16. The Kier molecular flexibility index (Phi) is 6.52. The van der Waals surface area contributed by atoms with E-state index in [1.165, 1.54) is 17.0 Å². The fourth-order valence-electron chi connectivity index (χ4n) is 2.43. The van der Waals surface area contributed by atoms with Crippen molar-refractivity contribution in [1.82, 2.24) is 10.2 Å². The van der Waals surface area contributed by atoms with Gasteiger partial charge in [-0.25, -0.2) is 8.42 Å². The first kappa shape index (κ1) is 19.7. The number of nitrogens with one attached hydrogen (secondary N) is 1. The summed E-state index contributed by atoms with van der Waals surface area (Å²) < 4.78 is 24.5. The van der Waals surface area contributed by atoms with Crippen molar-refractivity contribution in [2.45, 2.75) is 17.9 Å². The van der Waals surface area contributed by atoms with E-state index in [4.69, 9.17) is 0 Å². The molecule has 0 fully saturated rings. The third-order valence-corrected chi connectivity index (χ3v) is 5.71. The SMILES string of the molecule is CNC(=O)c1ccc(CN(C)C(=O)CCS(=O)(=O)c2ccccc2)cc1. The molecule has 0 saturated carbocycles. The van der Waals surface area contributed by atoms with Crippen molar-refractivity contribution in [3.8, 4) is 0 Å². The summed E-state index contributed by atoms with van der Waals surface area (Å²) >= 11 is 0. The number of benzene rings is 2. The minimum absolute atomic E-state index is 0.0793. The van der Waals surface area contributed by atoms with Gasteiger partial charge in [-0.15, -0.1) is 0 Å². The number of carbonyl (C=O) groups is 2. The molecule has 2 aromatic carbocycles. The monoisotopic (exact) mass is 374 g/mol. The number of hydrogen-bond acceptors (Lipinski definition) is 4. The zero-order valence-corrected chi connectivity index (χ0v) is 15.6. The standard InChI is InChI=1S/C19H22N2O4S/c1-20-19(23)16-10-8-15(9-11-16)14-21(2)18(22)12-13-26(24,25)17-6-4-3-5-7-17/h3-11H,12-14H2,1-2H3,(H,20,23). The summed E-state index contributed by atoms with van der Waals surface area (Å²) in [6.45, 7) is 0.345. The third-order valence-electron chi connectivity index (χ3n) is 3.98. The van der Waals surface area contributed by atoms with Crippen molar-refractivity contribution in [1.29, 1.82) is 0 Å². The highest BCUT2D eigenvalue weighted by atomic mass is 32.2. The van der Waals surface area contributed by atoms with Gasteiger partial charge in [0.2, 0.25) is 5.91 Å². The smallest absolute Gasteiger partial charge is 0.251 e. The van der Waals surface area contributed by atoms with Crippen LogP contribution < -0.4 is 5.32 Å². The molecule has 0 aromatic heterocycles. The normalized spacial score (nSPS) is 11.0. The Morgan fingerprint density at radius 3 is 2.19 bits per heavy atom. The molecule has 0 unspecified atom stereocenters. The van der Waals surface area contributed by atoms with Crippen molar-refractivity contribution in [3.05, 3.63) is 65.7 Å². The van der Waals surface area contributed by atoms with Gasteiger partial charge in [-0.2, -0.15) is 0 Å². The van der Waals surface area contributed by atoms with Crippen LogP contribution in [-0.2, 0) is 21.2 Å². The van der Waals surface area contributed by atoms with Crippen molar-refractivity contribution >= 4 is 21.7 Å². The predicted molar refractivity (Wildman–Crippen MR) is 99.4 cm³/mol. The lowest BCUT2D eigenvalue weighted by molar-refractivity contribution is -0.130. The van der Waals surface area contributed by atoms with Gasteiger partial charge in [0.1, 0.15) is 0 Å². The molecule has 0 radical (unpaired) electrons. The molecule has 2 aromatic rings. The Morgan fingerprint density at radius 2 is 1.62 bits per heavy atom. The molecule has 138 valence electrons. The minimum Gasteiger partial charge on any atom is -0.355 e. The van der Waals surface area contributed by atoms with E-state index in [0.29, 0.717) is 12.1 Å². The van der Waals surface area contributed by atoms with E-state index in [0.717, 1.165) is 5.56 Å². The molecule has 0 bridgehead atoms. The van der Waals surface area contributed by atoms with E-state index in [2.05, 4.69) is 5.32 Å². The summed E-state index contributed by atoms with van der Waals surface area (Å²) in [5.74, 6) is -0.650. The highest BCUT2D eigenvalue weighted by Crippen LogP contribution is 2.13. The van der Waals surface area contributed by atoms with Crippen LogP contribution >= 0.6 is 0 Å². The molecule has 2 amide bonds. The molecule has 0 spiro atoms. The topological polar surface area (TPSA) is 83.6 Å². The Bertz CT molecular complexity index is 862. The molecule has 26 heavy (non-hydrogen) atoms. The quantitative estimate of drug-likeness (QED) is 0.802. The summed E-state index contributed by atoms with van der Waals surface area (Å²) in [7, 11) is -0.281. The minimum atomic E-state index is -3.47. The Labute approximate surface area is 153 Å². The highest BCUT2D eigenvalue weighted by Gasteiger charge is 2.18. The summed E-state index contributed by atoms with van der Waals surface area (Å²) in [6.07, 6.45) is -0.0793. The van der Waals surface area contributed by atoms with Crippen LogP contribution in [0.3, 0.4) is 0 Å². The van der Waals surface area contributed by atoms with Gasteiger partial charge < -0.3 is 10.2 Å². The summed E-state index contributed by atoms with van der Waals surface area (Å²) in [6, 6.07) is 15.0. The largest absolute Gasteiger partial charge is 0.355 e. The summed E-state index contributed by atoms with van der Waals surface area (Å²) in [5.41, 5.74) is 1.40. The van der Waals surface area contributed by atoms with Gasteiger partial charge in [-0.3, -0.25) is 9.59 Å². The van der Waals surface area contributed by atoms with Crippen LogP contribution in [0.5, 0.6) is 0 Å². The molecular formula is C19H22N2O4S. The number of amides is 2. The van der Waals surface area contributed by atoms with Crippen LogP contribution in [0.2, 0.25) is 0 Å². The number of rotatable bonds is 7. The van der Waals surface area contributed by atoms with Crippen LogP contribution in [0.15, 0.2) is 59.5 Å². The van der Waals surface area contributed by atoms with Crippen LogP contribution in [0.4, 0.5) is 0 Å². The lowest BCUT2D eigenvalue weighted by Crippen LogP contribution is -2.28. The molecule has 1 N–H and O–H groups in total. The van der Waals surface area contributed by atoms with E-state index in [9.17, 15) is 18.0 Å². The summed E-state index contributed by atoms with van der Waals surface area (Å²) in [5, 5.41) is 2.54. The summed E-state index contributed by atoms with van der Waals surface area (Å²) in [4.78, 5) is 25.5.